The second kappa shape index (κ2) is 4.64. The van der Waals surface area contributed by atoms with Crippen LogP contribution in [0.25, 0.3) is 10.9 Å². The van der Waals surface area contributed by atoms with E-state index in [2.05, 4.69) is 4.98 Å². The van der Waals surface area contributed by atoms with E-state index in [9.17, 15) is 0 Å². The fourth-order valence-corrected chi connectivity index (χ4v) is 1.12. The third-order valence-corrected chi connectivity index (χ3v) is 1.68. The number of aromatic nitrogens is 1. The summed E-state index contributed by atoms with van der Waals surface area (Å²) in [6.45, 7) is 0. The molecule has 70 valence electrons. The van der Waals surface area contributed by atoms with Gasteiger partial charge in [0.15, 0.2) is 0 Å². The number of benzene rings is 1. The average Bonchev–Trinajstić information content (AvgIpc) is 2.06. The Kier molecular flexibility index (Phi) is 4.17. The number of hydrogen-bond donors (Lipinski definition) is 1. The molecule has 0 aliphatic heterocycles. The van der Waals surface area contributed by atoms with Gasteiger partial charge in [-0.3, -0.25) is 4.98 Å². The summed E-state index contributed by atoms with van der Waals surface area (Å²) in [6, 6.07) is 9.64. The van der Waals surface area contributed by atoms with Gasteiger partial charge in [0, 0.05) is 17.3 Å². The Morgan fingerprint density at radius 1 is 1.08 bits per heavy atom. The smallest absolute Gasteiger partial charge is 0.0722 e. The minimum Gasteiger partial charge on any atom is -0.412 e. The van der Waals surface area contributed by atoms with Crippen LogP contribution in [0.4, 0.5) is 5.69 Å². The van der Waals surface area contributed by atoms with Gasteiger partial charge in [-0.1, -0.05) is 18.2 Å². The Labute approximate surface area is 82.3 Å². The van der Waals surface area contributed by atoms with Gasteiger partial charge in [-0.05, 0) is 12.1 Å². The van der Waals surface area contributed by atoms with E-state index >= 15 is 0 Å². The van der Waals surface area contributed by atoms with Gasteiger partial charge in [0.05, 0.1) is 5.52 Å². The predicted octanol–water partition coefficient (Wildman–Crippen LogP) is 1.41. The lowest BCUT2D eigenvalue weighted by Gasteiger charge is -1.97. The Bertz CT molecular complexity index is 387. The number of pyridine rings is 1. The molecular formula is C9H11ClN2O. The summed E-state index contributed by atoms with van der Waals surface area (Å²) in [4.78, 5) is 4.16. The number of fused-ring (bicyclic) bond motifs is 1. The molecule has 1 aromatic heterocycles. The molecule has 0 unspecified atom stereocenters. The summed E-state index contributed by atoms with van der Waals surface area (Å²) in [6.07, 6.45) is 1.72. The van der Waals surface area contributed by atoms with E-state index in [1.807, 2.05) is 30.3 Å². The molecule has 0 bridgehead atoms. The summed E-state index contributed by atoms with van der Waals surface area (Å²) in [5, 5.41) is 1.02. The van der Waals surface area contributed by atoms with Crippen molar-refractivity contribution in [2.45, 2.75) is 0 Å². The van der Waals surface area contributed by atoms with Crippen molar-refractivity contribution in [2.24, 2.45) is 0 Å². The molecule has 2 rings (SSSR count). The number of para-hydroxylation sites is 1. The largest absolute Gasteiger partial charge is 0.412 e. The molecule has 4 heteroatoms. The SMILES string of the molecule is Cl.Nc1ccnc2ccccc12.O. The molecule has 0 saturated carbocycles. The molecule has 3 nitrogen and oxygen atoms in total. The summed E-state index contributed by atoms with van der Waals surface area (Å²) in [5.41, 5.74) is 7.46. The van der Waals surface area contributed by atoms with Crippen molar-refractivity contribution in [3.63, 3.8) is 0 Å². The van der Waals surface area contributed by atoms with E-state index in [0.29, 0.717) is 0 Å². The highest BCUT2D eigenvalue weighted by Crippen LogP contribution is 2.16. The highest BCUT2D eigenvalue weighted by molar-refractivity contribution is 5.89. The van der Waals surface area contributed by atoms with Gasteiger partial charge in [0.1, 0.15) is 0 Å². The molecule has 0 saturated heterocycles. The molecule has 2 aromatic rings. The lowest BCUT2D eigenvalue weighted by Crippen LogP contribution is -1.87. The standard InChI is InChI=1S/C9H8N2.ClH.H2O/c10-8-5-6-11-9-4-2-1-3-7(8)9;;/h1-6H,(H2,10,11);1H;1H2. The van der Waals surface area contributed by atoms with Crippen LogP contribution in [0.2, 0.25) is 0 Å². The monoisotopic (exact) mass is 198 g/mol. The van der Waals surface area contributed by atoms with E-state index in [0.717, 1.165) is 16.6 Å². The zero-order valence-corrected chi connectivity index (χ0v) is 7.71. The molecule has 0 radical (unpaired) electrons. The maximum Gasteiger partial charge on any atom is 0.0722 e. The first-order valence-electron chi connectivity index (χ1n) is 3.47. The van der Waals surface area contributed by atoms with Gasteiger partial charge >= 0.3 is 0 Å². The number of hydrogen-bond acceptors (Lipinski definition) is 2. The molecule has 0 aliphatic carbocycles. The molecule has 0 fully saturated rings. The molecular weight excluding hydrogens is 188 g/mol. The van der Waals surface area contributed by atoms with Crippen LogP contribution in [0, 0.1) is 0 Å². The van der Waals surface area contributed by atoms with Gasteiger partial charge in [-0.25, -0.2) is 0 Å². The van der Waals surface area contributed by atoms with Crippen LogP contribution in [0.5, 0.6) is 0 Å². The van der Waals surface area contributed by atoms with Crippen molar-refractivity contribution in [1.82, 2.24) is 4.98 Å². The van der Waals surface area contributed by atoms with Gasteiger partial charge < -0.3 is 11.2 Å². The third-order valence-electron chi connectivity index (χ3n) is 1.68. The van der Waals surface area contributed by atoms with Crippen LogP contribution in [-0.2, 0) is 0 Å². The molecule has 4 N–H and O–H groups in total. The van der Waals surface area contributed by atoms with E-state index < -0.39 is 0 Å². The molecule has 1 aromatic carbocycles. The first-order chi connectivity index (χ1) is 5.38. The van der Waals surface area contributed by atoms with Crippen LogP contribution in [0.1, 0.15) is 0 Å². The fourth-order valence-electron chi connectivity index (χ4n) is 1.12. The quantitative estimate of drug-likeness (QED) is 0.696. The van der Waals surface area contributed by atoms with Crippen molar-refractivity contribution in [3.05, 3.63) is 36.5 Å². The van der Waals surface area contributed by atoms with Gasteiger partial charge in [0.2, 0.25) is 0 Å². The molecule has 0 amide bonds. The maximum absolute atomic E-state index is 5.72. The minimum absolute atomic E-state index is 0. The van der Waals surface area contributed by atoms with Gasteiger partial charge in [0.25, 0.3) is 0 Å². The van der Waals surface area contributed by atoms with Crippen molar-refractivity contribution in [3.8, 4) is 0 Å². The lowest BCUT2D eigenvalue weighted by molar-refractivity contribution is 0.824. The van der Waals surface area contributed by atoms with Crippen molar-refractivity contribution >= 4 is 29.0 Å². The number of nitrogens with zero attached hydrogens (tertiary/aromatic N) is 1. The zero-order chi connectivity index (χ0) is 7.68. The maximum atomic E-state index is 5.72. The summed E-state index contributed by atoms with van der Waals surface area (Å²) >= 11 is 0. The average molecular weight is 199 g/mol. The summed E-state index contributed by atoms with van der Waals surface area (Å²) in [5.74, 6) is 0. The van der Waals surface area contributed by atoms with E-state index in [4.69, 9.17) is 5.73 Å². The van der Waals surface area contributed by atoms with Gasteiger partial charge in [-0.15, -0.1) is 12.4 Å². The van der Waals surface area contributed by atoms with Gasteiger partial charge in [-0.2, -0.15) is 0 Å². The van der Waals surface area contributed by atoms with Crippen molar-refractivity contribution < 1.29 is 5.48 Å². The Morgan fingerprint density at radius 2 is 1.77 bits per heavy atom. The second-order valence-corrected chi connectivity index (χ2v) is 2.42. The van der Waals surface area contributed by atoms with Crippen LogP contribution in [-0.4, -0.2) is 10.5 Å². The van der Waals surface area contributed by atoms with Crippen LogP contribution in [0.15, 0.2) is 36.5 Å². The van der Waals surface area contributed by atoms with Crippen molar-refractivity contribution in [2.75, 3.05) is 5.73 Å². The summed E-state index contributed by atoms with van der Waals surface area (Å²) in [7, 11) is 0. The highest BCUT2D eigenvalue weighted by atomic mass is 35.5. The van der Waals surface area contributed by atoms with Crippen LogP contribution in [0.3, 0.4) is 0 Å². The number of halogens is 1. The van der Waals surface area contributed by atoms with E-state index in [-0.39, 0.29) is 17.9 Å². The molecule has 0 spiro atoms. The van der Waals surface area contributed by atoms with Crippen molar-refractivity contribution in [1.29, 1.82) is 0 Å². The fraction of sp³-hybridized carbons (Fsp3) is 0. The predicted molar refractivity (Wildman–Crippen MR) is 57.0 cm³/mol. The topological polar surface area (TPSA) is 70.4 Å². The highest BCUT2D eigenvalue weighted by Gasteiger charge is 1.94. The Balaban J connectivity index is 0.000000720. The van der Waals surface area contributed by atoms with Crippen LogP contribution < -0.4 is 5.73 Å². The number of anilines is 1. The number of nitrogens with two attached hydrogens (primary N) is 1. The number of rotatable bonds is 0. The lowest BCUT2D eigenvalue weighted by atomic mass is 10.2. The van der Waals surface area contributed by atoms with E-state index in [1.54, 1.807) is 6.20 Å². The Morgan fingerprint density at radius 3 is 2.46 bits per heavy atom. The number of nitrogen functional groups attached to an aromatic ring is 1. The second-order valence-electron chi connectivity index (χ2n) is 2.42. The first-order valence-corrected chi connectivity index (χ1v) is 3.47. The molecule has 13 heavy (non-hydrogen) atoms. The van der Waals surface area contributed by atoms with E-state index in [1.165, 1.54) is 0 Å². The zero-order valence-electron chi connectivity index (χ0n) is 6.90. The van der Waals surface area contributed by atoms with Crippen LogP contribution >= 0.6 is 12.4 Å². The Hall–Kier alpha value is -1.32. The molecule has 1 heterocycles. The third kappa shape index (κ3) is 2.08. The summed E-state index contributed by atoms with van der Waals surface area (Å²) < 4.78 is 0. The normalized spacial score (nSPS) is 8.62. The first kappa shape index (κ1) is 11.7. The minimum atomic E-state index is 0. The molecule has 0 aliphatic rings. The molecule has 0 atom stereocenters.